The Morgan fingerprint density at radius 2 is 2.00 bits per heavy atom. The number of hydrogen-bond donors (Lipinski definition) is 1. The first-order valence-corrected chi connectivity index (χ1v) is 6.24. The minimum atomic E-state index is 0.818. The summed E-state index contributed by atoms with van der Waals surface area (Å²) in [6.07, 6.45) is 6.93. The summed E-state index contributed by atoms with van der Waals surface area (Å²) < 4.78 is 4.98. The van der Waals surface area contributed by atoms with Gasteiger partial charge in [-0.1, -0.05) is 12.8 Å². The van der Waals surface area contributed by atoms with Crippen molar-refractivity contribution in [1.29, 1.82) is 0 Å². The number of ether oxygens (including phenoxy) is 1. The predicted octanol–water partition coefficient (Wildman–Crippen LogP) is 1.49. The number of hydrogen-bond acceptors (Lipinski definition) is 3. The Labute approximate surface area is 94.2 Å². The van der Waals surface area contributed by atoms with Gasteiger partial charge in [-0.25, -0.2) is 0 Å². The lowest BCUT2D eigenvalue weighted by Crippen LogP contribution is -2.32. The molecule has 1 rings (SSSR count). The molecule has 0 amide bonds. The third-order valence-electron chi connectivity index (χ3n) is 3.30. The smallest absolute Gasteiger partial charge is 0.0587 e. The molecular weight excluding hydrogens is 188 g/mol. The van der Waals surface area contributed by atoms with Gasteiger partial charge in [-0.15, -0.1) is 0 Å². The molecule has 0 aromatic carbocycles. The van der Waals surface area contributed by atoms with E-state index in [0.717, 1.165) is 25.7 Å². The Hall–Kier alpha value is -0.120. The van der Waals surface area contributed by atoms with Crippen molar-refractivity contribution >= 4 is 0 Å². The maximum atomic E-state index is 4.98. The van der Waals surface area contributed by atoms with E-state index in [0.29, 0.717) is 0 Å². The lowest BCUT2D eigenvalue weighted by molar-refractivity contribution is 0.197. The molecule has 0 atom stereocenters. The fourth-order valence-electron chi connectivity index (χ4n) is 2.28. The number of nitrogens with zero attached hydrogens (tertiary/aromatic N) is 1. The van der Waals surface area contributed by atoms with Gasteiger partial charge in [-0.2, -0.15) is 0 Å². The molecule has 3 nitrogen and oxygen atoms in total. The largest absolute Gasteiger partial charge is 0.383 e. The van der Waals surface area contributed by atoms with E-state index >= 15 is 0 Å². The average Bonchev–Trinajstić information content (AvgIpc) is 2.76. The Morgan fingerprint density at radius 1 is 1.27 bits per heavy atom. The normalized spacial score (nSPS) is 17.8. The summed E-state index contributed by atoms with van der Waals surface area (Å²) in [5.74, 6) is 0. The van der Waals surface area contributed by atoms with E-state index in [1.54, 1.807) is 7.11 Å². The van der Waals surface area contributed by atoms with Crippen molar-refractivity contribution < 1.29 is 4.74 Å². The van der Waals surface area contributed by atoms with Crippen LogP contribution in [0.15, 0.2) is 0 Å². The van der Waals surface area contributed by atoms with E-state index in [9.17, 15) is 0 Å². The highest BCUT2D eigenvalue weighted by Crippen LogP contribution is 2.22. The molecule has 0 aromatic heterocycles. The van der Waals surface area contributed by atoms with Crippen LogP contribution in [0.4, 0.5) is 0 Å². The van der Waals surface area contributed by atoms with Gasteiger partial charge in [-0.05, 0) is 39.4 Å². The van der Waals surface area contributed by atoms with Crippen LogP contribution in [0.25, 0.3) is 0 Å². The van der Waals surface area contributed by atoms with Gasteiger partial charge in [0.25, 0.3) is 0 Å². The summed E-state index contributed by atoms with van der Waals surface area (Å²) in [5, 5.41) is 3.38. The lowest BCUT2D eigenvalue weighted by Gasteiger charge is -2.23. The fourth-order valence-corrected chi connectivity index (χ4v) is 2.28. The second kappa shape index (κ2) is 8.08. The van der Waals surface area contributed by atoms with E-state index in [2.05, 4.69) is 17.3 Å². The van der Waals surface area contributed by atoms with Gasteiger partial charge in [0.05, 0.1) is 6.61 Å². The molecule has 1 aliphatic rings. The van der Waals surface area contributed by atoms with Gasteiger partial charge in [0.1, 0.15) is 0 Å². The topological polar surface area (TPSA) is 24.5 Å². The molecule has 0 heterocycles. The molecule has 0 radical (unpaired) electrons. The third kappa shape index (κ3) is 5.50. The highest BCUT2D eigenvalue weighted by Gasteiger charge is 2.18. The summed E-state index contributed by atoms with van der Waals surface area (Å²) in [7, 11) is 4.01. The van der Waals surface area contributed by atoms with Crippen LogP contribution in [-0.2, 0) is 4.74 Å². The maximum absolute atomic E-state index is 4.98. The van der Waals surface area contributed by atoms with E-state index < -0.39 is 0 Å². The predicted molar refractivity (Wildman–Crippen MR) is 64.2 cm³/mol. The summed E-state index contributed by atoms with van der Waals surface area (Å²) >= 11 is 0. The van der Waals surface area contributed by atoms with Crippen molar-refractivity contribution in [1.82, 2.24) is 10.2 Å². The van der Waals surface area contributed by atoms with Gasteiger partial charge < -0.3 is 15.0 Å². The number of nitrogens with one attached hydrogen (secondary N) is 1. The molecule has 3 heteroatoms. The fraction of sp³-hybridized carbons (Fsp3) is 1.00. The molecule has 1 saturated carbocycles. The molecule has 1 fully saturated rings. The van der Waals surface area contributed by atoms with E-state index in [1.165, 1.54) is 38.6 Å². The van der Waals surface area contributed by atoms with Gasteiger partial charge in [-0.3, -0.25) is 0 Å². The number of rotatable bonds is 8. The van der Waals surface area contributed by atoms with Crippen LogP contribution >= 0.6 is 0 Å². The van der Waals surface area contributed by atoms with E-state index in [-0.39, 0.29) is 0 Å². The molecule has 0 aliphatic heterocycles. The van der Waals surface area contributed by atoms with Crippen molar-refractivity contribution in [2.45, 2.75) is 38.1 Å². The van der Waals surface area contributed by atoms with Crippen LogP contribution in [0.1, 0.15) is 32.1 Å². The molecule has 0 bridgehead atoms. The standard InChI is InChI=1S/C12H26N2O/c1-14(12-6-3-4-7-12)10-5-8-13-9-11-15-2/h12-13H,3-11H2,1-2H3. The van der Waals surface area contributed by atoms with Gasteiger partial charge >= 0.3 is 0 Å². The Balaban J connectivity index is 1.90. The van der Waals surface area contributed by atoms with Crippen LogP contribution in [0, 0.1) is 0 Å². The molecule has 0 aromatic rings. The minimum absolute atomic E-state index is 0.818. The van der Waals surface area contributed by atoms with Gasteiger partial charge in [0.15, 0.2) is 0 Å². The third-order valence-corrected chi connectivity index (χ3v) is 3.30. The van der Waals surface area contributed by atoms with Crippen LogP contribution in [0.5, 0.6) is 0 Å². The molecule has 1 N–H and O–H groups in total. The lowest BCUT2D eigenvalue weighted by atomic mass is 10.2. The van der Waals surface area contributed by atoms with Crippen LogP contribution in [-0.4, -0.2) is 51.3 Å². The Kier molecular flexibility index (Phi) is 6.98. The zero-order chi connectivity index (χ0) is 10.9. The van der Waals surface area contributed by atoms with Crippen molar-refractivity contribution in [3.63, 3.8) is 0 Å². The van der Waals surface area contributed by atoms with Crippen molar-refractivity contribution in [3.8, 4) is 0 Å². The SMILES string of the molecule is COCCNCCCN(C)C1CCCC1. The first-order valence-electron chi connectivity index (χ1n) is 6.24. The summed E-state index contributed by atoms with van der Waals surface area (Å²) in [6.45, 7) is 4.13. The molecule has 15 heavy (non-hydrogen) atoms. The molecule has 0 spiro atoms. The summed E-state index contributed by atoms with van der Waals surface area (Å²) in [5.41, 5.74) is 0. The summed E-state index contributed by atoms with van der Waals surface area (Å²) in [4.78, 5) is 2.53. The second-order valence-corrected chi connectivity index (χ2v) is 4.52. The molecule has 0 unspecified atom stereocenters. The van der Waals surface area contributed by atoms with Crippen molar-refractivity contribution in [3.05, 3.63) is 0 Å². The monoisotopic (exact) mass is 214 g/mol. The maximum Gasteiger partial charge on any atom is 0.0587 e. The summed E-state index contributed by atoms with van der Waals surface area (Å²) in [6, 6.07) is 0.865. The van der Waals surface area contributed by atoms with Crippen LogP contribution in [0.3, 0.4) is 0 Å². The van der Waals surface area contributed by atoms with E-state index in [4.69, 9.17) is 4.74 Å². The highest BCUT2D eigenvalue weighted by atomic mass is 16.5. The minimum Gasteiger partial charge on any atom is -0.383 e. The Bertz CT molecular complexity index is 147. The molecule has 90 valence electrons. The van der Waals surface area contributed by atoms with Crippen molar-refractivity contribution in [2.75, 3.05) is 40.4 Å². The average molecular weight is 214 g/mol. The molecular formula is C12H26N2O. The Morgan fingerprint density at radius 3 is 2.67 bits per heavy atom. The van der Waals surface area contributed by atoms with E-state index in [1.807, 2.05) is 0 Å². The first-order chi connectivity index (χ1) is 7.34. The first kappa shape index (κ1) is 12.9. The van der Waals surface area contributed by atoms with Crippen LogP contribution < -0.4 is 5.32 Å². The zero-order valence-electron chi connectivity index (χ0n) is 10.3. The second-order valence-electron chi connectivity index (χ2n) is 4.52. The zero-order valence-corrected chi connectivity index (χ0v) is 10.3. The number of methoxy groups -OCH3 is 1. The van der Waals surface area contributed by atoms with Gasteiger partial charge in [0.2, 0.25) is 0 Å². The quantitative estimate of drug-likeness (QED) is 0.620. The molecule has 0 saturated heterocycles. The highest BCUT2D eigenvalue weighted by molar-refractivity contribution is 4.75. The van der Waals surface area contributed by atoms with Crippen molar-refractivity contribution in [2.24, 2.45) is 0 Å². The van der Waals surface area contributed by atoms with Gasteiger partial charge in [0, 0.05) is 19.7 Å². The van der Waals surface area contributed by atoms with Crippen LogP contribution in [0.2, 0.25) is 0 Å². The molecule has 1 aliphatic carbocycles.